The first-order valence-electron chi connectivity index (χ1n) is 6.47. The maximum absolute atomic E-state index is 10.9. The van der Waals surface area contributed by atoms with Gasteiger partial charge in [0.1, 0.15) is 11.8 Å². The van der Waals surface area contributed by atoms with Gasteiger partial charge < -0.3 is 15.6 Å². The third-order valence-electron chi connectivity index (χ3n) is 3.45. The van der Waals surface area contributed by atoms with Gasteiger partial charge in [0.15, 0.2) is 0 Å². The number of aliphatic carboxylic acids is 1. The molecule has 1 rings (SSSR count). The van der Waals surface area contributed by atoms with E-state index in [1.165, 1.54) is 5.56 Å². The molecule has 0 saturated carbocycles. The molecule has 0 heterocycles. The lowest BCUT2D eigenvalue weighted by Gasteiger charge is -2.29. The van der Waals surface area contributed by atoms with Crippen LogP contribution in [-0.4, -0.2) is 24.2 Å². The first-order chi connectivity index (χ1) is 8.81. The van der Waals surface area contributed by atoms with Crippen LogP contribution in [0.3, 0.4) is 0 Å². The Morgan fingerprint density at radius 1 is 1.47 bits per heavy atom. The summed E-state index contributed by atoms with van der Waals surface area (Å²) in [6, 6.07) is 5.16. The quantitative estimate of drug-likeness (QED) is 0.828. The Labute approximate surface area is 114 Å². The molecule has 0 aliphatic rings. The number of carbonyl (C=O) groups is 1. The van der Waals surface area contributed by atoms with Gasteiger partial charge in [-0.15, -0.1) is 0 Å². The van der Waals surface area contributed by atoms with Crippen LogP contribution in [0.15, 0.2) is 18.2 Å². The largest absolute Gasteiger partial charge is 0.496 e. The highest BCUT2D eigenvalue weighted by Crippen LogP contribution is 2.35. The number of carboxylic acids is 1. The standard InChI is InChI=1S/C15H23NO3/c1-5-10-6-7-13(19-4)11(8-10)15(2,3)9-12(16)14(17)18/h6-8,12H,5,9,16H2,1-4H3,(H,17,18). The lowest BCUT2D eigenvalue weighted by molar-refractivity contribution is -0.139. The van der Waals surface area contributed by atoms with E-state index in [0.717, 1.165) is 17.7 Å². The van der Waals surface area contributed by atoms with Crippen molar-refractivity contribution < 1.29 is 14.6 Å². The average Bonchev–Trinajstić information content (AvgIpc) is 2.37. The summed E-state index contributed by atoms with van der Waals surface area (Å²) >= 11 is 0. The van der Waals surface area contributed by atoms with E-state index in [1.807, 2.05) is 26.0 Å². The summed E-state index contributed by atoms with van der Waals surface area (Å²) in [5, 5.41) is 8.96. The molecular formula is C15H23NO3. The number of rotatable bonds is 6. The second kappa shape index (κ2) is 6.06. The summed E-state index contributed by atoms with van der Waals surface area (Å²) in [5.74, 6) is -0.196. The number of hydrogen-bond donors (Lipinski definition) is 2. The summed E-state index contributed by atoms with van der Waals surface area (Å²) in [4.78, 5) is 10.9. The molecule has 0 aliphatic carbocycles. The van der Waals surface area contributed by atoms with Gasteiger partial charge in [-0.2, -0.15) is 0 Å². The third kappa shape index (κ3) is 3.70. The van der Waals surface area contributed by atoms with E-state index in [-0.39, 0.29) is 5.41 Å². The van der Waals surface area contributed by atoms with Gasteiger partial charge in [-0.1, -0.05) is 32.9 Å². The first-order valence-corrected chi connectivity index (χ1v) is 6.47. The van der Waals surface area contributed by atoms with Gasteiger partial charge in [-0.25, -0.2) is 0 Å². The van der Waals surface area contributed by atoms with Crippen LogP contribution in [-0.2, 0) is 16.6 Å². The van der Waals surface area contributed by atoms with Gasteiger partial charge in [0.25, 0.3) is 0 Å². The molecule has 106 valence electrons. The summed E-state index contributed by atoms with van der Waals surface area (Å²) in [5.41, 5.74) is 7.52. The summed E-state index contributed by atoms with van der Waals surface area (Å²) in [7, 11) is 1.62. The second-order valence-corrected chi connectivity index (χ2v) is 5.42. The Hall–Kier alpha value is -1.55. The zero-order chi connectivity index (χ0) is 14.6. The molecule has 0 fully saturated rings. The monoisotopic (exact) mass is 265 g/mol. The normalized spacial score (nSPS) is 13.1. The molecule has 0 radical (unpaired) electrons. The zero-order valence-corrected chi connectivity index (χ0v) is 12.1. The first kappa shape index (κ1) is 15.5. The van der Waals surface area contributed by atoms with Crippen molar-refractivity contribution in [2.75, 3.05) is 7.11 Å². The topological polar surface area (TPSA) is 72.5 Å². The summed E-state index contributed by atoms with van der Waals surface area (Å²) in [6.07, 6.45) is 1.30. The molecule has 1 aromatic rings. The fourth-order valence-electron chi connectivity index (χ4n) is 2.25. The van der Waals surface area contributed by atoms with Crippen LogP contribution in [0.25, 0.3) is 0 Å². The lowest BCUT2D eigenvalue weighted by Crippen LogP contribution is -2.37. The Balaban J connectivity index is 3.14. The van der Waals surface area contributed by atoms with Gasteiger partial charge in [0.2, 0.25) is 0 Å². The van der Waals surface area contributed by atoms with Gasteiger partial charge in [-0.05, 0) is 29.9 Å². The number of nitrogens with two attached hydrogens (primary N) is 1. The molecule has 4 nitrogen and oxygen atoms in total. The molecule has 1 unspecified atom stereocenters. The maximum Gasteiger partial charge on any atom is 0.320 e. The molecule has 0 bridgehead atoms. The van der Waals surface area contributed by atoms with E-state index in [9.17, 15) is 4.79 Å². The zero-order valence-electron chi connectivity index (χ0n) is 12.1. The maximum atomic E-state index is 10.9. The third-order valence-corrected chi connectivity index (χ3v) is 3.45. The highest BCUT2D eigenvalue weighted by molar-refractivity contribution is 5.73. The van der Waals surface area contributed by atoms with Crippen LogP contribution in [0.5, 0.6) is 5.75 Å². The van der Waals surface area contributed by atoms with E-state index < -0.39 is 12.0 Å². The minimum absolute atomic E-state index is 0.353. The van der Waals surface area contributed by atoms with Crippen molar-refractivity contribution in [2.45, 2.75) is 45.1 Å². The van der Waals surface area contributed by atoms with Crippen molar-refractivity contribution in [2.24, 2.45) is 5.73 Å². The van der Waals surface area contributed by atoms with Crippen molar-refractivity contribution >= 4 is 5.97 Å². The van der Waals surface area contributed by atoms with Gasteiger partial charge >= 0.3 is 5.97 Å². The number of methoxy groups -OCH3 is 1. The molecule has 4 heteroatoms. The van der Waals surface area contributed by atoms with Crippen LogP contribution in [0.2, 0.25) is 0 Å². The number of benzene rings is 1. The van der Waals surface area contributed by atoms with Gasteiger partial charge in [0, 0.05) is 5.56 Å². The minimum Gasteiger partial charge on any atom is -0.496 e. The van der Waals surface area contributed by atoms with Crippen molar-refractivity contribution in [3.8, 4) is 5.75 Å². The van der Waals surface area contributed by atoms with Crippen molar-refractivity contribution in [1.29, 1.82) is 0 Å². The van der Waals surface area contributed by atoms with Gasteiger partial charge in [0.05, 0.1) is 7.11 Å². The minimum atomic E-state index is -0.973. The van der Waals surface area contributed by atoms with E-state index in [1.54, 1.807) is 7.11 Å². The van der Waals surface area contributed by atoms with Gasteiger partial charge in [-0.3, -0.25) is 4.79 Å². The Bertz CT molecular complexity index is 455. The van der Waals surface area contributed by atoms with Crippen LogP contribution >= 0.6 is 0 Å². The van der Waals surface area contributed by atoms with E-state index in [4.69, 9.17) is 15.6 Å². The number of hydrogen-bond acceptors (Lipinski definition) is 3. The fraction of sp³-hybridized carbons (Fsp3) is 0.533. The van der Waals surface area contributed by atoms with Crippen molar-refractivity contribution in [3.63, 3.8) is 0 Å². The predicted octanol–water partition coefficient (Wildman–Crippen LogP) is 2.34. The molecule has 0 amide bonds. The van der Waals surface area contributed by atoms with Crippen LogP contribution in [0.4, 0.5) is 0 Å². The smallest absolute Gasteiger partial charge is 0.320 e. The molecular weight excluding hydrogens is 242 g/mol. The SMILES string of the molecule is CCc1ccc(OC)c(C(C)(C)CC(N)C(=O)O)c1. The number of aryl methyl sites for hydroxylation is 1. The highest BCUT2D eigenvalue weighted by Gasteiger charge is 2.29. The molecule has 1 aromatic carbocycles. The molecule has 0 saturated heterocycles. The molecule has 0 spiro atoms. The Morgan fingerprint density at radius 3 is 2.58 bits per heavy atom. The van der Waals surface area contributed by atoms with Crippen LogP contribution in [0.1, 0.15) is 38.3 Å². The molecule has 0 aliphatic heterocycles. The Kier molecular flexibility index (Phi) is 4.95. The molecule has 19 heavy (non-hydrogen) atoms. The van der Waals surface area contributed by atoms with E-state index in [0.29, 0.717) is 6.42 Å². The van der Waals surface area contributed by atoms with E-state index in [2.05, 4.69) is 13.0 Å². The molecule has 3 N–H and O–H groups in total. The molecule has 1 atom stereocenters. The highest BCUT2D eigenvalue weighted by atomic mass is 16.5. The van der Waals surface area contributed by atoms with Crippen molar-refractivity contribution in [3.05, 3.63) is 29.3 Å². The Morgan fingerprint density at radius 2 is 2.11 bits per heavy atom. The molecule has 0 aromatic heterocycles. The summed E-state index contributed by atoms with van der Waals surface area (Å²) in [6.45, 7) is 6.07. The number of ether oxygens (including phenoxy) is 1. The average molecular weight is 265 g/mol. The van der Waals surface area contributed by atoms with Crippen LogP contribution < -0.4 is 10.5 Å². The summed E-state index contributed by atoms with van der Waals surface area (Å²) < 4.78 is 5.38. The second-order valence-electron chi connectivity index (χ2n) is 5.42. The predicted molar refractivity (Wildman–Crippen MR) is 75.6 cm³/mol. The van der Waals surface area contributed by atoms with Crippen LogP contribution in [0, 0.1) is 0 Å². The number of carboxylic acid groups (broad SMARTS) is 1. The fourth-order valence-corrected chi connectivity index (χ4v) is 2.25. The van der Waals surface area contributed by atoms with Crippen molar-refractivity contribution in [1.82, 2.24) is 0 Å². The lowest BCUT2D eigenvalue weighted by atomic mass is 9.78. The van der Waals surface area contributed by atoms with E-state index >= 15 is 0 Å².